The number of anilines is 2. The van der Waals surface area contributed by atoms with Gasteiger partial charge in [-0.3, -0.25) is 4.98 Å². The van der Waals surface area contributed by atoms with E-state index in [0.29, 0.717) is 34.2 Å². The quantitative estimate of drug-likeness (QED) is 0.354. The summed E-state index contributed by atoms with van der Waals surface area (Å²) in [6, 6.07) is 17.0. The molecule has 178 valence electrons. The van der Waals surface area contributed by atoms with Gasteiger partial charge in [0.15, 0.2) is 0 Å². The molecule has 2 aromatic carbocycles. The van der Waals surface area contributed by atoms with E-state index >= 15 is 0 Å². The SMILES string of the molecule is CC(C)(C)c1cc(NCC(F)(F)F)c2c(n1)C=C(c1ccccc1Cl)N(c1ccc(Br)cc1)C2. The van der Waals surface area contributed by atoms with Crippen molar-refractivity contribution < 1.29 is 13.2 Å². The zero-order valence-corrected chi connectivity index (χ0v) is 21.3. The van der Waals surface area contributed by atoms with E-state index in [1.165, 1.54) is 0 Å². The van der Waals surface area contributed by atoms with Crippen LogP contribution in [0.1, 0.15) is 43.3 Å². The van der Waals surface area contributed by atoms with Gasteiger partial charge in [0.1, 0.15) is 6.54 Å². The fraction of sp³-hybridized carbons (Fsp3) is 0.269. The van der Waals surface area contributed by atoms with Gasteiger partial charge in [0, 0.05) is 43.1 Å². The topological polar surface area (TPSA) is 28.2 Å². The van der Waals surface area contributed by atoms with Crippen molar-refractivity contribution >= 4 is 50.7 Å². The first-order chi connectivity index (χ1) is 15.9. The number of aromatic nitrogens is 1. The molecule has 0 atom stereocenters. The zero-order valence-electron chi connectivity index (χ0n) is 19.0. The van der Waals surface area contributed by atoms with Crippen LogP contribution >= 0.6 is 27.5 Å². The van der Waals surface area contributed by atoms with E-state index in [4.69, 9.17) is 16.6 Å². The molecule has 1 aliphatic rings. The average Bonchev–Trinajstić information content (AvgIpc) is 2.76. The van der Waals surface area contributed by atoms with Gasteiger partial charge >= 0.3 is 6.18 Å². The lowest BCUT2D eigenvalue weighted by Gasteiger charge is -2.34. The molecule has 0 aliphatic carbocycles. The molecule has 2 heterocycles. The molecular weight excluding hydrogens is 527 g/mol. The Labute approximate surface area is 210 Å². The van der Waals surface area contributed by atoms with Gasteiger partial charge in [0.2, 0.25) is 0 Å². The van der Waals surface area contributed by atoms with Crippen LogP contribution in [-0.2, 0) is 12.0 Å². The first-order valence-electron chi connectivity index (χ1n) is 10.8. The number of hydrogen-bond donors (Lipinski definition) is 1. The number of benzene rings is 2. The Hall–Kier alpha value is -2.51. The highest BCUT2D eigenvalue weighted by atomic mass is 79.9. The van der Waals surface area contributed by atoms with Gasteiger partial charge in [-0.25, -0.2) is 0 Å². The molecule has 0 spiro atoms. The Bertz CT molecular complexity index is 1230. The Balaban J connectivity index is 1.92. The minimum atomic E-state index is -4.34. The first-order valence-corrected chi connectivity index (χ1v) is 11.9. The number of nitrogens with one attached hydrogen (secondary N) is 1. The first kappa shape index (κ1) is 24.6. The maximum absolute atomic E-state index is 13.1. The Morgan fingerprint density at radius 3 is 2.35 bits per heavy atom. The van der Waals surface area contributed by atoms with E-state index < -0.39 is 12.7 Å². The van der Waals surface area contributed by atoms with Crippen molar-refractivity contribution in [1.29, 1.82) is 0 Å². The highest BCUT2D eigenvalue weighted by Gasteiger charge is 2.31. The van der Waals surface area contributed by atoms with Crippen molar-refractivity contribution in [1.82, 2.24) is 4.98 Å². The summed E-state index contributed by atoms with van der Waals surface area (Å²) in [5.74, 6) is 0. The summed E-state index contributed by atoms with van der Waals surface area (Å²) in [5.41, 5.74) is 4.70. The summed E-state index contributed by atoms with van der Waals surface area (Å²) in [7, 11) is 0. The molecule has 8 heteroatoms. The van der Waals surface area contributed by atoms with Gasteiger partial charge in [-0.2, -0.15) is 13.2 Å². The Morgan fingerprint density at radius 2 is 1.74 bits per heavy atom. The maximum Gasteiger partial charge on any atom is 0.405 e. The molecule has 0 radical (unpaired) electrons. The molecule has 1 N–H and O–H groups in total. The van der Waals surface area contributed by atoms with Crippen LogP contribution in [0, 0.1) is 0 Å². The van der Waals surface area contributed by atoms with E-state index in [1.54, 1.807) is 6.07 Å². The van der Waals surface area contributed by atoms with Crippen LogP contribution in [0.15, 0.2) is 59.1 Å². The van der Waals surface area contributed by atoms with E-state index in [1.807, 2.05) is 80.3 Å². The molecule has 0 bridgehead atoms. The highest BCUT2D eigenvalue weighted by Crippen LogP contribution is 2.40. The zero-order chi connectivity index (χ0) is 24.7. The van der Waals surface area contributed by atoms with E-state index in [-0.39, 0.29) is 5.41 Å². The van der Waals surface area contributed by atoms with Crippen molar-refractivity contribution in [2.45, 2.75) is 38.9 Å². The van der Waals surface area contributed by atoms with Gasteiger partial charge in [-0.05, 0) is 42.5 Å². The molecule has 0 saturated heterocycles. The second-order valence-electron chi connectivity index (χ2n) is 9.21. The van der Waals surface area contributed by atoms with E-state index in [0.717, 1.165) is 21.4 Å². The van der Waals surface area contributed by atoms with Gasteiger partial charge in [-0.1, -0.05) is 66.5 Å². The summed E-state index contributed by atoms with van der Waals surface area (Å²) in [4.78, 5) is 6.91. The van der Waals surface area contributed by atoms with Crippen LogP contribution < -0.4 is 10.2 Å². The molecule has 3 nitrogen and oxygen atoms in total. The lowest BCUT2D eigenvalue weighted by molar-refractivity contribution is -0.115. The number of pyridine rings is 1. The van der Waals surface area contributed by atoms with Crippen molar-refractivity contribution in [3.05, 3.63) is 86.6 Å². The normalized spacial score (nSPS) is 14.0. The lowest BCUT2D eigenvalue weighted by Crippen LogP contribution is -2.29. The highest BCUT2D eigenvalue weighted by molar-refractivity contribution is 9.10. The molecule has 4 rings (SSSR count). The fourth-order valence-corrected chi connectivity index (χ4v) is 4.31. The molecular formula is C26H24BrClF3N3. The van der Waals surface area contributed by atoms with Gasteiger partial charge < -0.3 is 10.2 Å². The van der Waals surface area contributed by atoms with Crippen LogP contribution in [-0.4, -0.2) is 17.7 Å². The largest absolute Gasteiger partial charge is 0.405 e. The molecule has 0 saturated carbocycles. The third-order valence-corrected chi connectivity index (χ3v) is 6.43. The number of hydrogen-bond acceptors (Lipinski definition) is 3. The summed E-state index contributed by atoms with van der Waals surface area (Å²) in [5, 5.41) is 3.20. The summed E-state index contributed by atoms with van der Waals surface area (Å²) >= 11 is 10.0. The fourth-order valence-electron chi connectivity index (χ4n) is 3.81. The smallest absolute Gasteiger partial charge is 0.376 e. The summed E-state index contributed by atoms with van der Waals surface area (Å²) < 4.78 is 40.2. The Morgan fingerprint density at radius 1 is 1.06 bits per heavy atom. The third kappa shape index (κ3) is 5.41. The number of halogens is 5. The van der Waals surface area contributed by atoms with Gasteiger partial charge in [0.25, 0.3) is 0 Å². The predicted octanol–water partition coefficient (Wildman–Crippen LogP) is 8.29. The molecule has 0 fully saturated rings. The number of rotatable bonds is 4. The molecule has 1 aromatic heterocycles. The standard InChI is InChI=1S/C26H24BrClF3N3/c1-25(2,3)24-13-21(32-15-26(29,30)31)19-14-34(17-10-8-16(27)9-11-17)23(12-22(19)33-24)18-6-4-5-7-20(18)28/h4-13H,14-15H2,1-3H3,(H,32,33). The minimum absolute atomic E-state index is 0.339. The molecule has 0 amide bonds. The minimum Gasteiger partial charge on any atom is -0.376 e. The van der Waals surface area contributed by atoms with E-state index in [2.05, 4.69) is 21.2 Å². The van der Waals surface area contributed by atoms with Crippen LogP contribution in [0.5, 0.6) is 0 Å². The third-order valence-electron chi connectivity index (χ3n) is 5.57. The van der Waals surface area contributed by atoms with Crippen molar-refractivity contribution in [3.8, 4) is 0 Å². The van der Waals surface area contributed by atoms with Crippen molar-refractivity contribution in [3.63, 3.8) is 0 Å². The molecule has 0 unspecified atom stereocenters. The lowest BCUT2D eigenvalue weighted by atomic mass is 9.89. The van der Waals surface area contributed by atoms with E-state index in [9.17, 15) is 13.2 Å². The Kier molecular flexibility index (Phi) is 6.71. The second-order valence-corrected chi connectivity index (χ2v) is 10.5. The van der Waals surface area contributed by atoms with Crippen LogP contribution in [0.25, 0.3) is 11.8 Å². The van der Waals surface area contributed by atoms with Crippen molar-refractivity contribution in [2.75, 3.05) is 16.8 Å². The van der Waals surface area contributed by atoms with Crippen LogP contribution in [0.3, 0.4) is 0 Å². The van der Waals surface area contributed by atoms with Crippen LogP contribution in [0.2, 0.25) is 5.02 Å². The van der Waals surface area contributed by atoms with Gasteiger partial charge in [-0.15, -0.1) is 0 Å². The maximum atomic E-state index is 13.1. The molecule has 3 aromatic rings. The average molecular weight is 551 g/mol. The predicted molar refractivity (Wildman–Crippen MR) is 137 cm³/mol. The number of fused-ring (bicyclic) bond motifs is 1. The van der Waals surface area contributed by atoms with Crippen molar-refractivity contribution in [2.24, 2.45) is 0 Å². The number of nitrogens with zero attached hydrogens (tertiary/aromatic N) is 2. The summed E-state index contributed by atoms with van der Waals surface area (Å²) in [6.45, 7) is 5.19. The van der Waals surface area contributed by atoms with Gasteiger partial charge in [0.05, 0.1) is 17.9 Å². The monoisotopic (exact) mass is 549 g/mol. The molecule has 34 heavy (non-hydrogen) atoms. The molecule has 1 aliphatic heterocycles. The van der Waals surface area contributed by atoms with Crippen LogP contribution in [0.4, 0.5) is 24.5 Å². The second kappa shape index (κ2) is 9.27. The number of alkyl halides is 3. The summed E-state index contributed by atoms with van der Waals surface area (Å²) in [6.07, 6.45) is -2.42.